The normalized spacial score (nSPS) is 19.5. The van der Waals surface area contributed by atoms with Gasteiger partial charge in [0, 0.05) is 12.5 Å². The molecule has 0 N–H and O–H groups in total. The topological polar surface area (TPSA) is 55.2 Å². The second-order valence-electron chi connectivity index (χ2n) is 7.16. The van der Waals surface area contributed by atoms with E-state index in [-0.39, 0.29) is 27.8 Å². The van der Waals surface area contributed by atoms with Crippen LogP contribution in [0.1, 0.15) is 12.5 Å². The summed E-state index contributed by atoms with van der Waals surface area (Å²) in [5.41, 5.74) is 1.17. The molecule has 3 aromatic rings. The highest BCUT2D eigenvalue weighted by atomic mass is 35.5. The fraction of sp³-hybridized carbons (Fsp3) is 0.316. The average molecular weight is 426 g/mol. The van der Waals surface area contributed by atoms with Crippen LogP contribution >= 0.6 is 11.6 Å². The molecular formula is C19H18ClF2N3O2S. The number of rotatable bonds is 3. The molecule has 1 fully saturated rings. The second-order valence-corrected chi connectivity index (χ2v) is 9.34. The maximum Gasteiger partial charge on any atom is 0.283 e. The van der Waals surface area contributed by atoms with Crippen LogP contribution in [0.3, 0.4) is 0 Å². The van der Waals surface area contributed by atoms with Crippen LogP contribution in [0.15, 0.2) is 47.4 Å². The Morgan fingerprint density at radius 3 is 2.46 bits per heavy atom. The standard InChI is InChI=1S/C19H18ClF2N3O2S/c1-12-6-8-14(9-7-12)28(26,27)25-16-5-3-4-15(20)17(16)18(23-25)24-10-13(2)19(21,22)11-24/h3-9,13H,10-11H2,1-2H3. The van der Waals surface area contributed by atoms with E-state index in [1.165, 1.54) is 24.0 Å². The van der Waals surface area contributed by atoms with E-state index in [0.29, 0.717) is 5.39 Å². The predicted molar refractivity (Wildman–Crippen MR) is 105 cm³/mol. The monoisotopic (exact) mass is 425 g/mol. The van der Waals surface area contributed by atoms with Gasteiger partial charge >= 0.3 is 0 Å². The summed E-state index contributed by atoms with van der Waals surface area (Å²) in [6.45, 7) is 2.85. The number of aromatic nitrogens is 2. The summed E-state index contributed by atoms with van der Waals surface area (Å²) in [4.78, 5) is 1.47. The molecule has 2 aromatic carbocycles. The Balaban J connectivity index is 1.92. The predicted octanol–water partition coefficient (Wildman–Crippen LogP) is 4.33. The van der Waals surface area contributed by atoms with Crippen LogP contribution in [0.4, 0.5) is 14.6 Å². The van der Waals surface area contributed by atoms with Crippen molar-refractivity contribution in [3.05, 3.63) is 53.1 Å². The zero-order valence-electron chi connectivity index (χ0n) is 15.2. The summed E-state index contributed by atoms with van der Waals surface area (Å²) in [6.07, 6.45) is 0. The van der Waals surface area contributed by atoms with Gasteiger partial charge in [-0.25, -0.2) is 8.78 Å². The molecule has 1 unspecified atom stereocenters. The Labute approximate surface area is 166 Å². The van der Waals surface area contributed by atoms with Gasteiger partial charge in [-0.3, -0.25) is 0 Å². The number of benzene rings is 2. The first kappa shape index (κ1) is 19.1. The molecule has 0 aliphatic carbocycles. The quantitative estimate of drug-likeness (QED) is 0.627. The third kappa shape index (κ3) is 2.95. The first-order valence-corrected chi connectivity index (χ1v) is 10.6. The second kappa shape index (κ2) is 6.42. The number of hydrogen-bond donors (Lipinski definition) is 0. The molecule has 4 rings (SSSR count). The Kier molecular flexibility index (Phi) is 4.39. The lowest BCUT2D eigenvalue weighted by atomic mass is 10.1. The number of fused-ring (bicyclic) bond motifs is 1. The minimum absolute atomic E-state index is 0.0640. The van der Waals surface area contributed by atoms with Gasteiger partial charge in [0.1, 0.15) is 0 Å². The van der Waals surface area contributed by atoms with Crippen LogP contribution in [-0.4, -0.2) is 36.6 Å². The largest absolute Gasteiger partial charge is 0.348 e. The zero-order valence-corrected chi connectivity index (χ0v) is 16.8. The van der Waals surface area contributed by atoms with Crippen LogP contribution in [0.5, 0.6) is 0 Å². The lowest BCUT2D eigenvalue weighted by Gasteiger charge is -2.15. The third-order valence-electron chi connectivity index (χ3n) is 5.07. The molecule has 0 spiro atoms. The summed E-state index contributed by atoms with van der Waals surface area (Å²) in [5, 5.41) is 4.86. The lowest BCUT2D eigenvalue weighted by Crippen LogP contribution is -2.27. The first-order valence-electron chi connectivity index (χ1n) is 8.73. The summed E-state index contributed by atoms with van der Waals surface area (Å²) in [6, 6.07) is 11.1. The number of aryl methyl sites for hydroxylation is 1. The van der Waals surface area contributed by atoms with Gasteiger partial charge in [-0.1, -0.05) is 42.3 Å². The van der Waals surface area contributed by atoms with Crippen molar-refractivity contribution in [3.8, 4) is 0 Å². The first-order chi connectivity index (χ1) is 13.1. The lowest BCUT2D eigenvalue weighted by molar-refractivity contribution is -0.0137. The summed E-state index contributed by atoms with van der Waals surface area (Å²) in [5.74, 6) is -3.60. The van der Waals surface area contributed by atoms with Crippen molar-refractivity contribution in [3.63, 3.8) is 0 Å². The van der Waals surface area contributed by atoms with Gasteiger partial charge in [0.25, 0.3) is 15.9 Å². The van der Waals surface area contributed by atoms with Crippen molar-refractivity contribution < 1.29 is 17.2 Å². The Bertz CT molecular complexity index is 1160. The number of halogens is 3. The molecule has 0 amide bonds. The molecule has 0 saturated carbocycles. The summed E-state index contributed by atoms with van der Waals surface area (Å²) in [7, 11) is -4.02. The highest BCUT2D eigenvalue weighted by molar-refractivity contribution is 7.90. The maximum atomic E-state index is 14.1. The summed E-state index contributed by atoms with van der Waals surface area (Å²) < 4.78 is 55.4. The van der Waals surface area contributed by atoms with Crippen molar-refractivity contribution in [1.29, 1.82) is 0 Å². The van der Waals surface area contributed by atoms with E-state index in [2.05, 4.69) is 5.10 Å². The Hall–Kier alpha value is -2.19. The molecule has 28 heavy (non-hydrogen) atoms. The number of nitrogens with zero attached hydrogens (tertiary/aromatic N) is 3. The molecule has 1 aliphatic heterocycles. The van der Waals surface area contributed by atoms with Gasteiger partial charge in [0.15, 0.2) is 5.82 Å². The molecule has 1 atom stereocenters. The van der Waals surface area contributed by atoms with Gasteiger partial charge in [-0.2, -0.15) is 12.5 Å². The molecule has 148 valence electrons. The number of alkyl halides is 2. The third-order valence-corrected chi connectivity index (χ3v) is 6.99. The molecular weight excluding hydrogens is 408 g/mol. The Morgan fingerprint density at radius 2 is 1.86 bits per heavy atom. The van der Waals surface area contributed by atoms with Crippen molar-refractivity contribution >= 4 is 38.3 Å². The number of anilines is 1. The fourth-order valence-electron chi connectivity index (χ4n) is 3.40. The molecule has 1 saturated heterocycles. The smallest absolute Gasteiger partial charge is 0.283 e. The van der Waals surface area contributed by atoms with E-state index in [4.69, 9.17) is 11.6 Å². The van der Waals surface area contributed by atoms with Crippen LogP contribution in [0.2, 0.25) is 5.02 Å². The maximum absolute atomic E-state index is 14.1. The average Bonchev–Trinajstić information content (AvgIpc) is 3.14. The van der Waals surface area contributed by atoms with E-state index < -0.39 is 28.4 Å². The molecule has 0 radical (unpaired) electrons. The van der Waals surface area contributed by atoms with E-state index in [9.17, 15) is 17.2 Å². The van der Waals surface area contributed by atoms with Crippen molar-refractivity contribution in [2.45, 2.75) is 24.7 Å². The van der Waals surface area contributed by atoms with Crippen LogP contribution in [0.25, 0.3) is 10.9 Å². The van der Waals surface area contributed by atoms with Crippen molar-refractivity contribution in [2.24, 2.45) is 5.92 Å². The van der Waals surface area contributed by atoms with Crippen LogP contribution in [-0.2, 0) is 10.0 Å². The van der Waals surface area contributed by atoms with Crippen molar-refractivity contribution in [2.75, 3.05) is 18.0 Å². The Morgan fingerprint density at radius 1 is 1.18 bits per heavy atom. The van der Waals surface area contributed by atoms with Crippen LogP contribution in [0, 0.1) is 12.8 Å². The van der Waals surface area contributed by atoms with Gasteiger partial charge < -0.3 is 4.90 Å². The van der Waals surface area contributed by atoms with Crippen LogP contribution < -0.4 is 4.90 Å². The van der Waals surface area contributed by atoms with E-state index >= 15 is 0 Å². The molecule has 1 aromatic heterocycles. The number of hydrogen-bond acceptors (Lipinski definition) is 4. The molecule has 1 aliphatic rings. The van der Waals surface area contributed by atoms with E-state index in [1.807, 2.05) is 6.92 Å². The highest BCUT2D eigenvalue weighted by Crippen LogP contribution is 2.40. The van der Waals surface area contributed by atoms with E-state index in [1.54, 1.807) is 30.3 Å². The van der Waals surface area contributed by atoms with Gasteiger partial charge in [0.05, 0.1) is 27.4 Å². The highest BCUT2D eigenvalue weighted by Gasteiger charge is 2.46. The fourth-order valence-corrected chi connectivity index (χ4v) is 4.93. The molecule has 0 bridgehead atoms. The minimum Gasteiger partial charge on any atom is -0.348 e. The SMILES string of the molecule is Cc1ccc(S(=O)(=O)n2nc(N3CC(C)C(F)(F)C3)c3c(Cl)cccc32)cc1. The van der Waals surface area contributed by atoms with Crippen molar-refractivity contribution in [1.82, 2.24) is 9.19 Å². The zero-order chi connectivity index (χ0) is 20.3. The molecule has 2 heterocycles. The minimum atomic E-state index is -4.02. The van der Waals surface area contributed by atoms with Gasteiger partial charge in [0.2, 0.25) is 0 Å². The molecule has 9 heteroatoms. The molecule has 5 nitrogen and oxygen atoms in total. The van der Waals surface area contributed by atoms with Gasteiger partial charge in [-0.05, 0) is 31.2 Å². The van der Waals surface area contributed by atoms with E-state index in [0.717, 1.165) is 9.65 Å². The van der Waals surface area contributed by atoms with Gasteiger partial charge in [-0.15, -0.1) is 5.10 Å². The summed E-state index contributed by atoms with van der Waals surface area (Å²) >= 11 is 6.32.